The van der Waals surface area contributed by atoms with Crippen LogP contribution in [0.3, 0.4) is 0 Å². The number of ether oxygens (including phenoxy) is 1. The van der Waals surface area contributed by atoms with Gasteiger partial charge in [0.05, 0.1) is 23.0 Å². The molecule has 1 aromatic heterocycles. The number of hydrogen-bond acceptors (Lipinski definition) is 8. The van der Waals surface area contributed by atoms with Gasteiger partial charge in [-0.3, -0.25) is 10.1 Å². The highest BCUT2D eigenvalue weighted by atomic mass is 32.2. The molecule has 0 radical (unpaired) electrons. The van der Waals surface area contributed by atoms with Gasteiger partial charge in [0.15, 0.2) is 4.34 Å². The van der Waals surface area contributed by atoms with E-state index in [1.54, 1.807) is 19.2 Å². The zero-order valence-corrected chi connectivity index (χ0v) is 14.4. The number of rotatable bonds is 6. The quantitative estimate of drug-likeness (QED) is 0.499. The van der Waals surface area contributed by atoms with Gasteiger partial charge in [0.1, 0.15) is 11.6 Å². The van der Waals surface area contributed by atoms with Crippen molar-refractivity contribution in [2.45, 2.75) is 9.24 Å². The highest BCUT2D eigenvalue weighted by molar-refractivity contribution is 8.01. The van der Waals surface area contributed by atoms with Crippen LogP contribution in [-0.4, -0.2) is 22.2 Å². The molecule has 7 nitrogen and oxygen atoms in total. The van der Waals surface area contributed by atoms with Crippen LogP contribution in [0, 0.1) is 15.9 Å². The predicted octanol–water partition coefficient (Wildman–Crippen LogP) is 4.49. The van der Waals surface area contributed by atoms with Gasteiger partial charge in [-0.05, 0) is 48.2 Å². The molecule has 0 amide bonds. The summed E-state index contributed by atoms with van der Waals surface area (Å²) in [5.74, 6) is 0.0813. The Morgan fingerprint density at radius 2 is 2.00 bits per heavy atom. The van der Waals surface area contributed by atoms with Crippen LogP contribution in [0.5, 0.6) is 5.75 Å². The first kappa shape index (κ1) is 17.1. The van der Waals surface area contributed by atoms with Gasteiger partial charge in [-0.2, -0.15) is 0 Å². The Morgan fingerprint density at radius 1 is 1.24 bits per heavy atom. The van der Waals surface area contributed by atoms with Gasteiger partial charge >= 0.3 is 0 Å². The first-order valence-electron chi connectivity index (χ1n) is 6.91. The molecule has 3 aromatic rings. The predicted molar refractivity (Wildman–Crippen MR) is 93.4 cm³/mol. The molecule has 2 aromatic carbocycles. The summed E-state index contributed by atoms with van der Waals surface area (Å²) in [6.07, 6.45) is 0. The van der Waals surface area contributed by atoms with Crippen molar-refractivity contribution in [3.8, 4) is 5.75 Å². The van der Waals surface area contributed by atoms with E-state index in [9.17, 15) is 14.5 Å². The van der Waals surface area contributed by atoms with Crippen molar-refractivity contribution < 1.29 is 14.1 Å². The van der Waals surface area contributed by atoms with Crippen LogP contribution in [0.4, 0.5) is 20.9 Å². The summed E-state index contributed by atoms with van der Waals surface area (Å²) in [6, 6.07) is 10.7. The van der Waals surface area contributed by atoms with E-state index in [0.29, 0.717) is 14.4 Å². The molecule has 0 unspecified atom stereocenters. The minimum Gasteiger partial charge on any atom is -0.497 e. The summed E-state index contributed by atoms with van der Waals surface area (Å²) in [5.41, 5.74) is 0.506. The van der Waals surface area contributed by atoms with Crippen LogP contribution in [-0.2, 0) is 0 Å². The molecule has 1 N–H and O–H groups in total. The number of aromatic nitrogens is 2. The van der Waals surface area contributed by atoms with Gasteiger partial charge in [-0.1, -0.05) is 11.3 Å². The minimum absolute atomic E-state index is 0.301. The molecule has 0 fully saturated rings. The molecule has 0 atom stereocenters. The average Bonchev–Trinajstić information content (AvgIpc) is 3.04. The van der Waals surface area contributed by atoms with Gasteiger partial charge < -0.3 is 10.1 Å². The number of halogens is 1. The van der Waals surface area contributed by atoms with Gasteiger partial charge in [-0.25, -0.2) is 4.39 Å². The topological polar surface area (TPSA) is 90.2 Å². The number of nitro benzene ring substituents is 1. The molecule has 1 heterocycles. The van der Waals surface area contributed by atoms with Crippen molar-refractivity contribution in [2.75, 3.05) is 12.4 Å². The molecule has 0 spiro atoms. The lowest BCUT2D eigenvalue weighted by Gasteiger charge is -2.03. The molecule has 0 saturated heterocycles. The summed E-state index contributed by atoms with van der Waals surface area (Å²) >= 11 is 2.30. The summed E-state index contributed by atoms with van der Waals surface area (Å²) in [5, 5.41) is 22.7. The molecule has 3 rings (SSSR count). The number of anilines is 2. The fourth-order valence-electron chi connectivity index (χ4n) is 1.91. The maximum absolute atomic E-state index is 13.2. The highest BCUT2D eigenvalue weighted by Crippen LogP contribution is 2.38. The van der Waals surface area contributed by atoms with Gasteiger partial charge in [0, 0.05) is 5.69 Å². The summed E-state index contributed by atoms with van der Waals surface area (Å²) in [4.78, 5) is 10.7. The van der Waals surface area contributed by atoms with Crippen LogP contribution in [0.25, 0.3) is 0 Å². The van der Waals surface area contributed by atoms with Crippen molar-refractivity contribution in [3.05, 3.63) is 58.4 Å². The molecule has 128 valence electrons. The maximum Gasteiger partial charge on any atom is 0.286 e. The molecule has 0 aliphatic carbocycles. The monoisotopic (exact) mass is 378 g/mol. The Hall–Kier alpha value is -2.72. The summed E-state index contributed by atoms with van der Waals surface area (Å²) in [7, 11) is 1.59. The fraction of sp³-hybridized carbons (Fsp3) is 0.0667. The van der Waals surface area contributed by atoms with E-state index in [1.807, 2.05) is 12.1 Å². The van der Waals surface area contributed by atoms with E-state index < -0.39 is 10.7 Å². The number of nitro groups is 1. The van der Waals surface area contributed by atoms with Crippen molar-refractivity contribution in [2.24, 2.45) is 0 Å². The second-order valence-corrected chi connectivity index (χ2v) is 6.96. The molecule has 10 heteroatoms. The summed E-state index contributed by atoms with van der Waals surface area (Å²) < 4.78 is 18.8. The zero-order valence-electron chi connectivity index (χ0n) is 12.8. The lowest BCUT2D eigenvalue weighted by Crippen LogP contribution is -1.91. The second kappa shape index (κ2) is 7.45. The van der Waals surface area contributed by atoms with E-state index in [4.69, 9.17) is 4.74 Å². The SMILES string of the molecule is COc1ccc(Nc2nnc(Sc3ccc(F)cc3[N+](=O)[O-])s2)cc1. The standard InChI is InChI=1S/C15H11FN4O3S2/c1-23-11-5-3-10(4-6-11)17-14-18-19-15(25-14)24-13-7-2-9(16)8-12(13)20(21)22/h2-8H,1H3,(H,17,18). The van der Waals surface area contributed by atoms with Crippen molar-refractivity contribution in [1.82, 2.24) is 10.2 Å². The van der Waals surface area contributed by atoms with Gasteiger partial charge in [0.25, 0.3) is 5.69 Å². The average molecular weight is 378 g/mol. The number of hydrogen-bond donors (Lipinski definition) is 1. The lowest BCUT2D eigenvalue weighted by atomic mass is 10.3. The first-order chi connectivity index (χ1) is 12.0. The van der Waals surface area contributed by atoms with Crippen molar-refractivity contribution in [1.29, 1.82) is 0 Å². The number of methoxy groups -OCH3 is 1. The second-order valence-electron chi connectivity index (χ2n) is 4.70. The Balaban J connectivity index is 1.74. The molecule has 0 aliphatic heterocycles. The van der Waals surface area contributed by atoms with E-state index in [0.717, 1.165) is 29.3 Å². The van der Waals surface area contributed by atoms with E-state index in [1.165, 1.54) is 23.5 Å². The number of nitrogens with zero attached hydrogens (tertiary/aromatic N) is 3. The van der Waals surface area contributed by atoms with Crippen LogP contribution >= 0.6 is 23.1 Å². The third-order valence-electron chi connectivity index (χ3n) is 3.06. The third-order valence-corrected chi connectivity index (χ3v) is 5.02. The third kappa shape index (κ3) is 4.22. The largest absolute Gasteiger partial charge is 0.497 e. The molecular formula is C15H11FN4O3S2. The smallest absolute Gasteiger partial charge is 0.286 e. The fourth-order valence-corrected chi connectivity index (χ4v) is 3.73. The van der Waals surface area contributed by atoms with Crippen LogP contribution < -0.4 is 10.1 Å². The molecule has 0 bridgehead atoms. The minimum atomic E-state index is -0.657. The summed E-state index contributed by atoms with van der Waals surface area (Å²) in [6.45, 7) is 0. The van der Waals surface area contributed by atoms with E-state index in [-0.39, 0.29) is 5.69 Å². The van der Waals surface area contributed by atoms with Crippen LogP contribution in [0.1, 0.15) is 0 Å². The lowest BCUT2D eigenvalue weighted by molar-refractivity contribution is -0.387. The van der Waals surface area contributed by atoms with E-state index in [2.05, 4.69) is 15.5 Å². The Bertz CT molecular complexity index is 902. The van der Waals surface area contributed by atoms with Crippen molar-refractivity contribution in [3.63, 3.8) is 0 Å². The normalized spacial score (nSPS) is 10.5. The van der Waals surface area contributed by atoms with Crippen LogP contribution in [0.2, 0.25) is 0 Å². The first-order valence-corrected chi connectivity index (χ1v) is 8.55. The van der Waals surface area contributed by atoms with Gasteiger partial charge in [-0.15, -0.1) is 10.2 Å². The Morgan fingerprint density at radius 3 is 2.68 bits per heavy atom. The van der Waals surface area contributed by atoms with E-state index >= 15 is 0 Å². The molecule has 25 heavy (non-hydrogen) atoms. The number of nitrogens with one attached hydrogen (secondary N) is 1. The molecular weight excluding hydrogens is 367 g/mol. The molecule has 0 saturated carbocycles. The van der Waals surface area contributed by atoms with Crippen LogP contribution in [0.15, 0.2) is 51.7 Å². The Labute approximate surface area is 150 Å². The zero-order chi connectivity index (χ0) is 17.8. The highest BCUT2D eigenvalue weighted by Gasteiger charge is 2.18. The van der Waals surface area contributed by atoms with Crippen molar-refractivity contribution >= 4 is 39.6 Å². The molecule has 0 aliphatic rings. The Kier molecular flexibility index (Phi) is 5.10. The van der Waals surface area contributed by atoms with Gasteiger partial charge in [0.2, 0.25) is 5.13 Å². The maximum atomic E-state index is 13.2. The number of benzene rings is 2.